The van der Waals surface area contributed by atoms with Crippen molar-refractivity contribution in [3.8, 4) is 0 Å². The highest BCUT2D eigenvalue weighted by molar-refractivity contribution is 5.77. The average Bonchev–Trinajstić information content (AvgIpc) is 2.95. The van der Waals surface area contributed by atoms with Crippen LogP contribution in [0.15, 0.2) is 5.16 Å². The zero-order valence-corrected chi connectivity index (χ0v) is 12.0. The molecule has 2 aliphatic rings. The number of carbonyl (C=O) groups excluding carboxylic acids is 1. The van der Waals surface area contributed by atoms with Gasteiger partial charge in [0.25, 0.3) is 0 Å². The van der Waals surface area contributed by atoms with Gasteiger partial charge in [0.15, 0.2) is 6.10 Å². The molecule has 2 rings (SSSR count). The first-order chi connectivity index (χ1) is 8.90. The Bertz CT molecular complexity index is 375. The first-order valence-corrected chi connectivity index (χ1v) is 6.67. The van der Waals surface area contributed by atoms with Crippen molar-refractivity contribution in [3.05, 3.63) is 0 Å². The minimum Gasteiger partial charge on any atom is -0.482 e. The number of hydrogen-bond acceptors (Lipinski definition) is 5. The number of hydrogen-bond donors (Lipinski definition) is 0. The average molecular weight is 270 g/mol. The topological polar surface area (TPSA) is 60.4 Å². The fraction of sp³-hybridized carbons (Fsp3) is 0.846. The molecular formula is C13H22N2O4. The summed E-state index contributed by atoms with van der Waals surface area (Å²) < 4.78 is 10.5. The van der Waals surface area contributed by atoms with E-state index in [9.17, 15) is 4.79 Å². The Hall–Kier alpha value is -1.46. The number of methoxy groups -OCH3 is 1. The van der Waals surface area contributed by atoms with E-state index < -0.39 is 5.60 Å². The molecule has 0 spiro atoms. The maximum absolute atomic E-state index is 12.2. The third-order valence-corrected chi connectivity index (χ3v) is 3.26. The van der Waals surface area contributed by atoms with E-state index in [1.165, 1.54) is 0 Å². The molecule has 1 saturated heterocycles. The summed E-state index contributed by atoms with van der Waals surface area (Å²) in [6.45, 7) is 6.32. The quantitative estimate of drug-likeness (QED) is 0.732. The molecule has 19 heavy (non-hydrogen) atoms. The number of rotatable bonds is 1. The predicted octanol–water partition coefficient (Wildman–Crippen LogP) is 2.13. The van der Waals surface area contributed by atoms with E-state index in [4.69, 9.17) is 14.3 Å². The van der Waals surface area contributed by atoms with Crippen molar-refractivity contribution >= 4 is 12.0 Å². The molecule has 1 unspecified atom stereocenters. The van der Waals surface area contributed by atoms with Crippen molar-refractivity contribution in [3.63, 3.8) is 0 Å². The van der Waals surface area contributed by atoms with Crippen LogP contribution in [0.1, 0.15) is 40.0 Å². The van der Waals surface area contributed by atoms with Gasteiger partial charge < -0.3 is 19.2 Å². The van der Waals surface area contributed by atoms with Gasteiger partial charge in [0.2, 0.25) is 5.90 Å². The summed E-state index contributed by atoms with van der Waals surface area (Å²) in [6, 6.07) is 0.0197. The van der Waals surface area contributed by atoms with Gasteiger partial charge in [-0.05, 0) is 33.6 Å². The number of amides is 1. The summed E-state index contributed by atoms with van der Waals surface area (Å²) in [6.07, 6.45) is 2.10. The van der Waals surface area contributed by atoms with Crippen molar-refractivity contribution in [2.24, 2.45) is 5.16 Å². The van der Waals surface area contributed by atoms with Gasteiger partial charge in [-0.1, -0.05) is 5.16 Å². The van der Waals surface area contributed by atoms with Gasteiger partial charge in [-0.15, -0.1) is 0 Å². The van der Waals surface area contributed by atoms with Gasteiger partial charge in [0, 0.05) is 6.54 Å². The Morgan fingerprint density at radius 1 is 1.47 bits per heavy atom. The Morgan fingerprint density at radius 3 is 2.79 bits per heavy atom. The van der Waals surface area contributed by atoms with E-state index in [1.807, 2.05) is 20.8 Å². The van der Waals surface area contributed by atoms with Crippen LogP contribution in [0.2, 0.25) is 0 Å². The maximum atomic E-state index is 12.2. The van der Waals surface area contributed by atoms with Crippen molar-refractivity contribution in [1.29, 1.82) is 0 Å². The van der Waals surface area contributed by atoms with Crippen LogP contribution in [-0.2, 0) is 14.3 Å². The van der Waals surface area contributed by atoms with E-state index in [1.54, 1.807) is 12.0 Å². The first kappa shape index (κ1) is 14.0. The molecule has 108 valence electrons. The third kappa shape index (κ3) is 3.30. The summed E-state index contributed by atoms with van der Waals surface area (Å²) in [7, 11) is 1.57. The van der Waals surface area contributed by atoms with Crippen LogP contribution in [-0.4, -0.2) is 48.3 Å². The van der Waals surface area contributed by atoms with E-state index in [0.717, 1.165) is 12.8 Å². The molecule has 6 nitrogen and oxygen atoms in total. The van der Waals surface area contributed by atoms with Crippen LogP contribution in [0.25, 0.3) is 0 Å². The molecule has 0 radical (unpaired) electrons. The molecule has 0 aliphatic carbocycles. The van der Waals surface area contributed by atoms with Gasteiger partial charge in [0.1, 0.15) is 5.60 Å². The smallest absolute Gasteiger partial charge is 0.410 e. The SMILES string of the molecule is COC1=NOC([C@@H]2CCCN2C(=O)OC(C)(C)C)C1. The molecule has 0 bridgehead atoms. The van der Waals surface area contributed by atoms with Crippen LogP contribution < -0.4 is 0 Å². The van der Waals surface area contributed by atoms with Crippen molar-refractivity contribution in [2.45, 2.75) is 57.8 Å². The van der Waals surface area contributed by atoms with Gasteiger partial charge in [-0.25, -0.2) is 4.79 Å². The Kier molecular flexibility index (Phi) is 3.87. The molecule has 0 saturated carbocycles. The number of likely N-dealkylation sites (tertiary alicyclic amines) is 1. The molecule has 1 fully saturated rings. The van der Waals surface area contributed by atoms with E-state index >= 15 is 0 Å². The molecule has 2 aliphatic heterocycles. The third-order valence-electron chi connectivity index (χ3n) is 3.26. The highest BCUT2D eigenvalue weighted by atomic mass is 16.7. The lowest BCUT2D eigenvalue weighted by Gasteiger charge is -2.30. The zero-order chi connectivity index (χ0) is 14.0. The summed E-state index contributed by atoms with van der Waals surface area (Å²) in [4.78, 5) is 19.3. The highest BCUT2D eigenvalue weighted by Gasteiger charge is 2.41. The highest BCUT2D eigenvalue weighted by Crippen LogP contribution is 2.28. The predicted molar refractivity (Wildman–Crippen MR) is 69.9 cm³/mol. The fourth-order valence-electron chi connectivity index (χ4n) is 2.43. The monoisotopic (exact) mass is 270 g/mol. The molecular weight excluding hydrogens is 248 g/mol. The van der Waals surface area contributed by atoms with Crippen molar-refractivity contribution in [1.82, 2.24) is 4.90 Å². The minimum absolute atomic E-state index is 0.0197. The lowest BCUT2D eigenvalue weighted by molar-refractivity contribution is -0.00794. The summed E-state index contributed by atoms with van der Waals surface area (Å²) in [5.41, 5.74) is -0.477. The van der Waals surface area contributed by atoms with Crippen LogP contribution in [0, 0.1) is 0 Å². The van der Waals surface area contributed by atoms with E-state index in [0.29, 0.717) is 18.9 Å². The molecule has 1 amide bonds. The summed E-state index contributed by atoms with van der Waals surface area (Å²) >= 11 is 0. The Labute approximate surface area is 113 Å². The number of carbonyl (C=O) groups is 1. The standard InChI is InChI=1S/C13H22N2O4/c1-13(2,3)18-12(16)15-7-5-6-9(15)10-8-11(17-4)14-19-10/h9-10H,5-8H2,1-4H3/t9-,10?/m0/s1. The Balaban J connectivity index is 1.96. The molecule has 2 atom stereocenters. The van der Waals surface area contributed by atoms with Gasteiger partial charge in [0.05, 0.1) is 19.6 Å². The van der Waals surface area contributed by atoms with Crippen molar-refractivity contribution < 1.29 is 19.1 Å². The molecule has 2 heterocycles. The minimum atomic E-state index is -0.477. The molecule has 0 aromatic rings. The van der Waals surface area contributed by atoms with Gasteiger partial charge in [-0.2, -0.15) is 0 Å². The van der Waals surface area contributed by atoms with Gasteiger partial charge in [-0.3, -0.25) is 0 Å². The summed E-state index contributed by atoms with van der Waals surface area (Å²) in [5, 5.41) is 3.86. The zero-order valence-electron chi connectivity index (χ0n) is 12.0. The molecule has 0 aromatic carbocycles. The normalized spacial score (nSPS) is 26.9. The fourth-order valence-corrected chi connectivity index (χ4v) is 2.43. The molecule has 6 heteroatoms. The van der Waals surface area contributed by atoms with E-state index in [-0.39, 0.29) is 18.2 Å². The summed E-state index contributed by atoms with van der Waals surface area (Å²) in [5.74, 6) is 0.584. The molecule has 0 N–H and O–H groups in total. The largest absolute Gasteiger partial charge is 0.482 e. The second-order valence-electron chi connectivity index (χ2n) is 5.92. The van der Waals surface area contributed by atoms with E-state index in [2.05, 4.69) is 5.16 Å². The number of nitrogens with zero attached hydrogens (tertiary/aromatic N) is 2. The second-order valence-corrected chi connectivity index (χ2v) is 5.92. The lowest BCUT2D eigenvalue weighted by Crippen LogP contribution is -2.45. The van der Waals surface area contributed by atoms with Crippen molar-refractivity contribution in [2.75, 3.05) is 13.7 Å². The lowest BCUT2D eigenvalue weighted by atomic mass is 10.1. The number of ether oxygens (including phenoxy) is 2. The second kappa shape index (κ2) is 5.27. The first-order valence-electron chi connectivity index (χ1n) is 6.67. The molecule has 0 aromatic heterocycles. The van der Waals surface area contributed by atoms with Gasteiger partial charge >= 0.3 is 6.09 Å². The number of oxime groups is 1. The van der Waals surface area contributed by atoms with Crippen LogP contribution in [0.5, 0.6) is 0 Å². The Morgan fingerprint density at radius 2 is 2.21 bits per heavy atom. The van der Waals surface area contributed by atoms with Crippen LogP contribution in [0.4, 0.5) is 4.79 Å². The van der Waals surface area contributed by atoms with Crippen LogP contribution in [0.3, 0.4) is 0 Å². The van der Waals surface area contributed by atoms with Crippen LogP contribution >= 0.6 is 0 Å². The maximum Gasteiger partial charge on any atom is 0.410 e.